The fraction of sp³-hybridized carbons (Fsp3) is 0.300. The highest BCUT2D eigenvalue weighted by Crippen LogP contribution is 2.09. The van der Waals surface area contributed by atoms with Crippen molar-refractivity contribution in [2.75, 3.05) is 5.32 Å². The number of carboxylic acids is 1. The Morgan fingerprint density at radius 1 is 1.55 bits per heavy atom. The molecule has 4 N–H and O–H groups in total. The lowest BCUT2D eigenvalue weighted by Crippen LogP contribution is -2.22. The highest BCUT2D eigenvalue weighted by Gasteiger charge is 2.19. The van der Waals surface area contributed by atoms with Gasteiger partial charge in [0.2, 0.25) is 11.8 Å². The van der Waals surface area contributed by atoms with Gasteiger partial charge in [-0.3, -0.25) is 10.1 Å². The molecule has 1 amide bonds. The van der Waals surface area contributed by atoms with Gasteiger partial charge in [0, 0.05) is 12.6 Å². The molecule has 2 aromatic rings. The number of carbonyl (C=O) groups excluding carboxylic acids is 1. The minimum atomic E-state index is -1.25. The second-order valence-electron chi connectivity index (χ2n) is 3.93. The molecule has 0 aliphatic heterocycles. The Balaban J connectivity index is 2.10. The average molecular weight is 280 g/mol. The van der Waals surface area contributed by atoms with Crippen LogP contribution < -0.4 is 11.1 Å². The van der Waals surface area contributed by atoms with E-state index in [2.05, 4.69) is 20.8 Å². The smallest absolute Gasteiger partial charge is 0.358 e. The van der Waals surface area contributed by atoms with E-state index in [1.54, 1.807) is 13.0 Å². The van der Waals surface area contributed by atoms with E-state index < -0.39 is 11.9 Å². The van der Waals surface area contributed by atoms with E-state index in [0.29, 0.717) is 5.69 Å². The average Bonchev–Trinajstić information content (AvgIpc) is 2.95. The Labute approximate surface area is 112 Å². The van der Waals surface area contributed by atoms with Gasteiger partial charge >= 0.3 is 5.97 Å². The number of aromatic carboxylic acids is 1. The summed E-state index contributed by atoms with van der Waals surface area (Å²) in [6.07, 6.45) is 0. The third-order valence-electron chi connectivity index (χ3n) is 2.42. The molecule has 0 spiro atoms. The van der Waals surface area contributed by atoms with Gasteiger partial charge in [-0.15, -0.1) is 5.10 Å². The molecule has 0 bridgehead atoms. The van der Waals surface area contributed by atoms with E-state index in [4.69, 9.17) is 15.4 Å². The van der Waals surface area contributed by atoms with Crippen LogP contribution in [0.5, 0.6) is 0 Å². The van der Waals surface area contributed by atoms with Crippen molar-refractivity contribution in [2.24, 2.45) is 5.73 Å². The van der Waals surface area contributed by atoms with Crippen LogP contribution in [0, 0.1) is 6.92 Å². The summed E-state index contributed by atoms with van der Waals surface area (Å²) in [6.45, 7) is 1.39. The largest absolute Gasteiger partial charge is 0.476 e. The number of nitrogens with two attached hydrogens (primary N) is 1. The molecule has 0 radical (unpaired) electrons. The summed E-state index contributed by atoms with van der Waals surface area (Å²) in [6, 6.07) is 1.55. The Bertz CT molecular complexity index is 646. The van der Waals surface area contributed by atoms with Gasteiger partial charge in [-0.25, -0.2) is 9.48 Å². The SMILES string of the molecule is Cc1cc(NC(=O)Cn2nnc(C(=O)O)c2CN)on1. The first-order chi connectivity index (χ1) is 9.51. The van der Waals surface area contributed by atoms with Gasteiger partial charge in [0.1, 0.15) is 6.54 Å². The molecule has 0 aliphatic rings. The van der Waals surface area contributed by atoms with Crippen molar-refractivity contribution in [3.63, 3.8) is 0 Å². The predicted octanol–water partition coefficient (Wildman–Crippen LogP) is -0.630. The van der Waals surface area contributed by atoms with Gasteiger partial charge in [0.15, 0.2) is 5.69 Å². The summed E-state index contributed by atoms with van der Waals surface area (Å²) in [5, 5.41) is 22.0. The van der Waals surface area contributed by atoms with Gasteiger partial charge < -0.3 is 15.4 Å². The first kappa shape index (κ1) is 13.7. The molecule has 0 saturated heterocycles. The van der Waals surface area contributed by atoms with Gasteiger partial charge in [-0.2, -0.15) is 0 Å². The van der Waals surface area contributed by atoms with Crippen LogP contribution in [-0.2, 0) is 17.9 Å². The van der Waals surface area contributed by atoms with Crippen LogP contribution in [0.25, 0.3) is 0 Å². The number of amides is 1. The molecule has 0 aromatic carbocycles. The number of nitrogens with one attached hydrogen (secondary N) is 1. The van der Waals surface area contributed by atoms with Crippen molar-refractivity contribution in [1.82, 2.24) is 20.2 Å². The maximum absolute atomic E-state index is 11.8. The number of nitrogens with zero attached hydrogens (tertiary/aromatic N) is 4. The van der Waals surface area contributed by atoms with Gasteiger partial charge in [-0.1, -0.05) is 10.4 Å². The topological polar surface area (TPSA) is 149 Å². The van der Waals surface area contributed by atoms with E-state index in [9.17, 15) is 9.59 Å². The van der Waals surface area contributed by atoms with E-state index >= 15 is 0 Å². The third kappa shape index (κ3) is 2.80. The second kappa shape index (κ2) is 5.48. The molecule has 10 nitrogen and oxygen atoms in total. The Morgan fingerprint density at radius 3 is 2.85 bits per heavy atom. The molecule has 0 unspecified atom stereocenters. The molecule has 2 heterocycles. The van der Waals surface area contributed by atoms with E-state index in [1.165, 1.54) is 0 Å². The van der Waals surface area contributed by atoms with Crippen molar-refractivity contribution in [2.45, 2.75) is 20.0 Å². The Morgan fingerprint density at radius 2 is 2.30 bits per heavy atom. The van der Waals surface area contributed by atoms with Crippen LogP contribution >= 0.6 is 0 Å². The first-order valence-corrected chi connectivity index (χ1v) is 5.60. The van der Waals surface area contributed by atoms with Crippen molar-refractivity contribution < 1.29 is 19.2 Å². The van der Waals surface area contributed by atoms with Crippen LogP contribution in [0.2, 0.25) is 0 Å². The van der Waals surface area contributed by atoms with Crippen LogP contribution in [-0.4, -0.2) is 37.1 Å². The molecular weight excluding hydrogens is 268 g/mol. The molecule has 0 aliphatic carbocycles. The Hall–Kier alpha value is -2.75. The number of anilines is 1. The quantitative estimate of drug-likeness (QED) is 0.655. The summed E-state index contributed by atoms with van der Waals surface area (Å²) < 4.78 is 5.95. The van der Waals surface area contributed by atoms with Gasteiger partial charge in [0.05, 0.1) is 11.4 Å². The van der Waals surface area contributed by atoms with Gasteiger partial charge in [0.25, 0.3) is 0 Å². The van der Waals surface area contributed by atoms with Crippen LogP contribution in [0.15, 0.2) is 10.6 Å². The maximum atomic E-state index is 11.8. The molecule has 20 heavy (non-hydrogen) atoms. The minimum Gasteiger partial charge on any atom is -0.476 e. The van der Waals surface area contributed by atoms with Crippen molar-refractivity contribution in [3.8, 4) is 0 Å². The lowest BCUT2D eigenvalue weighted by atomic mass is 10.3. The summed E-state index contributed by atoms with van der Waals surface area (Å²) >= 11 is 0. The van der Waals surface area contributed by atoms with E-state index in [1.807, 2.05) is 0 Å². The summed E-state index contributed by atoms with van der Waals surface area (Å²) in [5.74, 6) is -1.51. The molecule has 10 heteroatoms. The number of hydrogen-bond acceptors (Lipinski definition) is 7. The molecule has 2 aromatic heterocycles. The zero-order valence-corrected chi connectivity index (χ0v) is 10.5. The highest BCUT2D eigenvalue weighted by atomic mass is 16.5. The summed E-state index contributed by atoms with van der Waals surface area (Å²) in [7, 11) is 0. The third-order valence-corrected chi connectivity index (χ3v) is 2.42. The second-order valence-corrected chi connectivity index (χ2v) is 3.93. The highest BCUT2D eigenvalue weighted by molar-refractivity contribution is 5.90. The number of carboxylic acid groups (broad SMARTS) is 1. The number of aryl methyl sites for hydroxylation is 1. The standard InChI is InChI=1S/C10H12N6O4/c1-5-2-8(20-14-5)12-7(17)4-16-6(3-11)9(10(18)19)13-15-16/h2H,3-4,11H2,1H3,(H,12,17)(H,18,19). The molecule has 0 saturated carbocycles. The zero-order chi connectivity index (χ0) is 14.7. The number of aromatic nitrogens is 4. The van der Waals surface area contributed by atoms with Crippen LogP contribution in [0.3, 0.4) is 0 Å². The first-order valence-electron chi connectivity index (χ1n) is 5.60. The molecule has 106 valence electrons. The zero-order valence-electron chi connectivity index (χ0n) is 10.5. The number of rotatable bonds is 5. The molecule has 2 rings (SSSR count). The van der Waals surface area contributed by atoms with Crippen molar-refractivity contribution in [1.29, 1.82) is 0 Å². The summed E-state index contributed by atoms with van der Waals surface area (Å²) in [5.41, 5.74) is 5.96. The monoisotopic (exact) mass is 280 g/mol. The molecule has 0 atom stereocenters. The van der Waals surface area contributed by atoms with E-state index in [0.717, 1.165) is 4.68 Å². The van der Waals surface area contributed by atoms with Crippen molar-refractivity contribution >= 4 is 17.8 Å². The number of carbonyl (C=O) groups is 2. The van der Waals surface area contributed by atoms with E-state index in [-0.39, 0.29) is 30.4 Å². The van der Waals surface area contributed by atoms with Crippen LogP contribution in [0.1, 0.15) is 21.9 Å². The minimum absolute atomic E-state index is 0.0939. The van der Waals surface area contributed by atoms with Gasteiger partial charge in [-0.05, 0) is 6.92 Å². The number of hydrogen-bond donors (Lipinski definition) is 3. The van der Waals surface area contributed by atoms with Crippen LogP contribution in [0.4, 0.5) is 5.88 Å². The molecule has 0 fully saturated rings. The lowest BCUT2D eigenvalue weighted by Gasteiger charge is -2.04. The fourth-order valence-corrected chi connectivity index (χ4v) is 1.56. The van der Waals surface area contributed by atoms with Crippen molar-refractivity contribution in [3.05, 3.63) is 23.1 Å². The molecular formula is C10H12N6O4. The summed E-state index contributed by atoms with van der Waals surface area (Å²) in [4.78, 5) is 22.6. The predicted molar refractivity (Wildman–Crippen MR) is 64.7 cm³/mol. The Kier molecular flexibility index (Phi) is 3.75. The maximum Gasteiger partial charge on any atom is 0.358 e. The lowest BCUT2D eigenvalue weighted by molar-refractivity contribution is -0.117. The normalized spacial score (nSPS) is 10.5. The fourth-order valence-electron chi connectivity index (χ4n) is 1.56.